The summed E-state index contributed by atoms with van der Waals surface area (Å²) in [7, 11) is 0. The maximum Gasteiger partial charge on any atom is 0.162 e. The summed E-state index contributed by atoms with van der Waals surface area (Å²) in [6, 6.07) is 10.3. The van der Waals surface area contributed by atoms with E-state index >= 15 is 0 Å². The Labute approximate surface area is 129 Å². The molecule has 0 unspecified atom stereocenters. The number of hydrogen-bond donors (Lipinski definition) is 1. The smallest absolute Gasteiger partial charge is 0.162 e. The van der Waals surface area contributed by atoms with E-state index in [1.165, 1.54) is 0 Å². The highest BCUT2D eigenvalue weighted by Gasteiger charge is 2.13. The average molecular weight is 297 g/mol. The molecule has 0 aliphatic rings. The van der Waals surface area contributed by atoms with Crippen molar-refractivity contribution in [2.45, 2.75) is 27.2 Å². The van der Waals surface area contributed by atoms with Crippen LogP contribution in [-0.4, -0.2) is 14.6 Å². The van der Waals surface area contributed by atoms with Crippen molar-refractivity contribution >= 4 is 17.9 Å². The normalized spacial score (nSPS) is 11.4. The number of H-pyrrole nitrogens is 1. The quantitative estimate of drug-likeness (QED) is 0.719. The summed E-state index contributed by atoms with van der Waals surface area (Å²) >= 11 is 5.63. The van der Waals surface area contributed by atoms with E-state index in [4.69, 9.17) is 12.2 Å². The van der Waals surface area contributed by atoms with Gasteiger partial charge in [-0.15, -0.1) is 0 Å². The molecule has 4 heteroatoms. The van der Waals surface area contributed by atoms with Crippen LogP contribution in [0.25, 0.3) is 16.8 Å². The summed E-state index contributed by atoms with van der Waals surface area (Å²) in [5.74, 6) is 0.566. The van der Waals surface area contributed by atoms with Crippen LogP contribution >= 0.6 is 12.2 Å². The number of fused-ring (bicyclic) bond motifs is 1. The summed E-state index contributed by atoms with van der Waals surface area (Å²) in [5, 5.41) is 3.36. The minimum atomic E-state index is 0.566. The fraction of sp³-hybridized carbons (Fsp3) is 0.294. The third kappa shape index (κ3) is 2.51. The predicted octanol–water partition coefficient (Wildman–Crippen LogP) is 4.57. The van der Waals surface area contributed by atoms with Gasteiger partial charge in [0.05, 0.1) is 0 Å². The average Bonchev–Trinajstić information content (AvgIpc) is 2.80. The molecule has 3 aromatic rings. The van der Waals surface area contributed by atoms with Gasteiger partial charge in [0.1, 0.15) is 4.64 Å². The molecule has 0 aliphatic heterocycles. The fourth-order valence-electron chi connectivity index (χ4n) is 2.69. The molecular weight excluding hydrogens is 278 g/mol. The van der Waals surface area contributed by atoms with Crippen molar-refractivity contribution in [1.82, 2.24) is 14.6 Å². The van der Waals surface area contributed by atoms with Crippen molar-refractivity contribution in [2.75, 3.05) is 0 Å². The Hall–Kier alpha value is -1.94. The van der Waals surface area contributed by atoms with E-state index in [0.29, 0.717) is 5.92 Å². The molecule has 3 nitrogen and oxygen atoms in total. The zero-order valence-corrected chi connectivity index (χ0v) is 13.4. The molecule has 0 spiro atoms. The second-order valence-corrected chi connectivity index (χ2v) is 6.21. The zero-order chi connectivity index (χ0) is 15.0. The van der Waals surface area contributed by atoms with Crippen LogP contribution in [0.5, 0.6) is 0 Å². The van der Waals surface area contributed by atoms with Crippen LogP contribution in [-0.2, 0) is 6.42 Å². The molecule has 0 saturated heterocycles. The molecule has 0 amide bonds. The molecule has 1 aromatic carbocycles. The zero-order valence-electron chi connectivity index (χ0n) is 12.6. The molecule has 0 atom stereocenters. The highest BCUT2D eigenvalue weighted by atomic mass is 32.1. The van der Waals surface area contributed by atoms with Gasteiger partial charge < -0.3 is 0 Å². The van der Waals surface area contributed by atoms with E-state index in [-0.39, 0.29) is 0 Å². The molecule has 0 saturated carbocycles. The topological polar surface area (TPSA) is 33.1 Å². The first-order valence-corrected chi connectivity index (χ1v) is 7.63. The van der Waals surface area contributed by atoms with Gasteiger partial charge in [-0.3, -0.25) is 5.10 Å². The van der Waals surface area contributed by atoms with Crippen LogP contribution in [0.1, 0.15) is 25.1 Å². The number of aromatic nitrogens is 3. The third-order valence-electron chi connectivity index (χ3n) is 3.60. The van der Waals surface area contributed by atoms with Gasteiger partial charge >= 0.3 is 0 Å². The summed E-state index contributed by atoms with van der Waals surface area (Å²) in [5.41, 5.74) is 5.39. The lowest BCUT2D eigenvalue weighted by Crippen LogP contribution is -2.01. The van der Waals surface area contributed by atoms with Crippen molar-refractivity contribution in [1.29, 1.82) is 0 Å². The van der Waals surface area contributed by atoms with Crippen molar-refractivity contribution in [3.05, 3.63) is 52.4 Å². The Morgan fingerprint density at radius 2 is 1.95 bits per heavy atom. The number of aryl methyl sites for hydroxylation is 1. The van der Waals surface area contributed by atoms with E-state index in [1.54, 1.807) is 0 Å². The SMILES string of the molecule is Cc1[nH]n2c(=S)c(CC(C)C)cnc2c1-c1ccccc1. The van der Waals surface area contributed by atoms with Crippen LogP contribution in [0.2, 0.25) is 0 Å². The second kappa shape index (κ2) is 5.45. The number of aromatic amines is 1. The highest BCUT2D eigenvalue weighted by Crippen LogP contribution is 2.27. The standard InChI is InChI=1S/C17H19N3S/c1-11(2)9-14-10-18-16-15(13-7-5-4-6-8-13)12(3)19-20(16)17(14)21/h4-8,10-11,19H,9H2,1-3H3. The maximum atomic E-state index is 5.63. The number of nitrogens with one attached hydrogen (secondary N) is 1. The lowest BCUT2D eigenvalue weighted by molar-refractivity contribution is 0.639. The molecule has 2 aromatic heterocycles. The summed E-state index contributed by atoms with van der Waals surface area (Å²) in [6.45, 7) is 6.45. The van der Waals surface area contributed by atoms with Gasteiger partial charge in [-0.25, -0.2) is 9.50 Å². The van der Waals surface area contributed by atoms with Crippen LogP contribution in [0, 0.1) is 17.5 Å². The predicted molar refractivity (Wildman–Crippen MR) is 89.1 cm³/mol. The van der Waals surface area contributed by atoms with Gasteiger partial charge in [0.25, 0.3) is 0 Å². The van der Waals surface area contributed by atoms with Crippen LogP contribution in [0.3, 0.4) is 0 Å². The first-order valence-electron chi connectivity index (χ1n) is 7.22. The number of rotatable bonds is 3. The summed E-state index contributed by atoms with van der Waals surface area (Å²) < 4.78 is 2.77. The molecule has 0 bridgehead atoms. The monoisotopic (exact) mass is 297 g/mol. The van der Waals surface area contributed by atoms with E-state index in [1.807, 2.05) is 28.9 Å². The van der Waals surface area contributed by atoms with Crippen molar-refractivity contribution in [3.8, 4) is 11.1 Å². The van der Waals surface area contributed by atoms with Crippen LogP contribution < -0.4 is 0 Å². The lowest BCUT2D eigenvalue weighted by Gasteiger charge is -2.06. The lowest BCUT2D eigenvalue weighted by atomic mass is 10.1. The Morgan fingerprint density at radius 1 is 1.24 bits per heavy atom. The first-order chi connectivity index (χ1) is 10.1. The molecule has 1 N–H and O–H groups in total. The van der Waals surface area contributed by atoms with Gasteiger partial charge in [0, 0.05) is 23.0 Å². The highest BCUT2D eigenvalue weighted by molar-refractivity contribution is 7.71. The van der Waals surface area contributed by atoms with Crippen molar-refractivity contribution in [3.63, 3.8) is 0 Å². The van der Waals surface area contributed by atoms with Gasteiger partial charge in [-0.2, -0.15) is 0 Å². The van der Waals surface area contributed by atoms with E-state index in [9.17, 15) is 0 Å². The Balaban J connectivity index is 2.23. The maximum absolute atomic E-state index is 5.63. The molecule has 3 rings (SSSR count). The number of nitrogens with zero attached hydrogens (tertiary/aromatic N) is 2. The number of benzene rings is 1. The first kappa shape index (κ1) is 14.0. The third-order valence-corrected chi connectivity index (χ3v) is 4.05. The fourth-order valence-corrected chi connectivity index (χ4v) is 2.96. The molecule has 21 heavy (non-hydrogen) atoms. The van der Waals surface area contributed by atoms with Gasteiger partial charge in [0.2, 0.25) is 0 Å². The molecule has 0 fully saturated rings. The molecule has 2 heterocycles. The minimum Gasteiger partial charge on any atom is -0.295 e. The van der Waals surface area contributed by atoms with Crippen LogP contribution in [0.4, 0.5) is 0 Å². The Morgan fingerprint density at radius 3 is 2.62 bits per heavy atom. The molecule has 108 valence electrons. The molecular formula is C17H19N3S. The minimum absolute atomic E-state index is 0.566. The van der Waals surface area contributed by atoms with Crippen LogP contribution in [0.15, 0.2) is 36.5 Å². The Bertz CT molecular complexity index is 828. The Kier molecular flexibility index (Phi) is 3.64. The van der Waals surface area contributed by atoms with E-state index < -0.39 is 0 Å². The molecule has 0 aliphatic carbocycles. The van der Waals surface area contributed by atoms with Crippen molar-refractivity contribution in [2.24, 2.45) is 5.92 Å². The van der Waals surface area contributed by atoms with Crippen molar-refractivity contribution < 1.29 is 0 Å². The largest absolute Gasteiger partial charge is 0.295 e. The van der Waals surface area contributed by atoms with Gasteiger partial charge in [-0.05, 0) is 24.8 Å². The van der Waals surface area contributed by atoms with E-state index in [2.05, 4.69) is 43.0 Å². The van der Waals surface area contributed by atoms with E-state index in [0.717, 1.165) is 39.1 Å². The summed E-state index contributed by atoms with van der Waals surface area (Å²) in [4.78, 5) is 4.66. The summed E-state index contributed by atoms with van der Waals surface area (Å²) in [6.07, 6.45) is 2.88. The second-order valence-electron chi connectivity index (χ2n) is 5.82. The number of hydrogen-bond acceptors (Lipinski definition) is 2. The van der Waals surface area contributed by atoms with Gasteiger partial charge in [-0.1, -0.05) is 56.4 Å². The van der Waals surface area contributed by atoms with Gasteiger partial charge in [0.15, 0.2) is 5.65 Å². The molecule has 0 radical (unpaired) electrons.